The van der Waals surface area contributed by atoms with Crippen LogP contribution in [0.5, 0.6) is 5.75 Å². The first-order valence-electron chi connectivity index (χ1n) is 9.85. The molecule has 31 heavy (non-hydrogen) atoms. The second kappa shape index (κ2) is 10.1. The number of nitrogens with zero attached hydrogens (tertiary/aromatic N) is 3. The number of aromatic nitrogens is 2. The maximum atomic E-state index is 13.5. The van der Waals surface area contributed by atoms with E-state index in [-0.39, 0.29) is 11.3 Å². The van der Waals surface area contributed by atoms with Crippen molar-refractivity contribution in [1.29, 1.82) is 0 Å². The van der Waals surface area contributed by atoms with Crippen molar-refractivity contribution in [1.82, 2.24) is 9.78 Å². The van der Waals surface area contributed by atoms with Gasteiger partial charge in [0.25, 0.3) is 10.0 Å². The third-order valence-electron chi connectivity index (χ3n) is 4.68. The summed E-state index contributed by atoms with van der Waals surface area (Å²) in [5.74, 6) is -0.0779. The Hall–Kier alpha value is -3.33. The van der Waals surface area contributed by atoms with Crippen LogP contribution in [0.3, 0.4) is 0 Å². The number of benzene rings is 2. The molecule has 0 radical (unpaired) electrons. The number of hydrogen-bond donors (Lipinski definition) is 0. The Kier molecular flexibility index (Phi) is 7.30. The molecule has 1 unspecified atom stereocenters. The van der Waals surface area contributed by atoms with Gasteiger partial charge in [0, 0.05) is 12.4 Å². The summed E-state index contributed by atoms with van der Waals surface area (Å²) in [6.45, 7) is 2.71. The summed E-state index contributed by atoms with van der Waals surface area (Å²) in [6, 6.07) is 15.5. The summed E-state index contributed by atoms with van der Waals surface area (Å²) >= 11 is 0. The van der Waals surface area contributed by atoms with E-state index in [1.807, 2.05) is 12.3 Å². The molecule has 1 aromatic heterocycles. The molecule has 0 N–H and O–H groups in total. The molecule has 0 aliphatic heterocycles. The van der Waals surface area contributed by atoms with E-state index >= 15 is 0 Å². The van der Waals surface area contributed by atoms with Gasteiger partial charge in [-0.2, -0.15) is 5.10 Å². The van der Waals surface area contributed by atoms with E-state index in [2.05, 4.69) is 5.10 Å². The molecule has 1 atom stereocenters. The fourth-order valence-electron chi connectivity index (χ4n) is 3.14. The van der Waals surface area contributed by atoms with Crippen molar-refractivity contribution in [2.45, 2.75) is 30.8 Å². The molecule has 164 valence electrons. The van der Waals surface area contributed by atoms with Gasteiger partial charge in [-0.3, -0.25) is 8.99 Å². The van der Waals surface area contributed by atoms with Crippen molar-refractivity contribution in [2.24, 2.45) is 0 Å². The molecule has 2 aromatic carbocycles. The van der Waals surface area contributed by atoms with Crippen LogP contribution in [0, 0.1) is 0 Å². The highest BCUT2D eigenvalue weighted by molar-refractivity contribution is 7.93. The van der Waals surface area contributed by atoms with Crippen LogP contribution < -0.4 is 9.04 Å². The summed E-state index contributed by atoms with van der Waals surface area (Å²) < 4.78 is 40.4. The third kappa shape index (κ3) is 5.24. The van der Waals surface area contributed by atoms with E-state index in [9.17, 15) is 13.2 Å². The Morgan fingerprint density at radius 1 is 1.10 bits per heavy atom. The monoisotopic (exact) mass is 443 g/mol. The predicted octanol–water partition coefficient (Wildman–Crippen LogP) is 3.11. The molecule has 3 aromatic rings. The van der Waals surface area contributed by atoms with Crippen LogP contribution in [0.25, 0.3) is 0 Å². The van der Waals surface area contributed by atoms with E-state index in [1.165, 1.54) is 19.2 Å². The lowest BCUT2D eigenvalue weighted by molar-refractivity contribution is -0.142. The number of ether oxygens (including phenoxy) is 2. The van der Waals surface area contributed by atoms with Crippen LogP contribution in [-0.4, -0.2) is 43.9 Å². The van der Waals surface area contributed by atoms with Crippen LogP contribution in [0.4, 0.5) is 5.69 Å². The van der Waals surface area contributed by atoms with E-state index in [4.69, 9.17) is 9.47 Å². The molecule has 0 aliphatic carbocycles. The van der Waals surface area contributed by atoms with Crippen molar-refractivity contribution in [3.63, 3.8) is 0 Å². The SMILES string of the molecule is CCC(C(=O)OC)N(c1ccccc1)S(=O)(=O)c1ccc(OCCn2cccn2)cc1. The molecule has 1 heterocycles. The van der Waals surface area contributed by atoms with Crippen LogP contribution in [0.2, 0.25) is 0 Å². The van der Waals surface area contributed by atoms with Gasteiger partial charge in [0.05, 0.1) is 24.2 Å². The predicted molar refractivity (Wildman–Crippen MR) is 116 cm³/mol. The first-order valence-corrected chi connectivity index (χ1v) is 11.3. The van der Waals surface area contributed by atoms with Gasteiger partial charge >= 0.3 is 5.97 Å². The molecule has 0 saturated carbocycles. The fraction of sp³-hybridized carbons (Fsp3) is 0.273. The Morgan fingerprint density at radius 3 is 2.39 bits per heavy atom. The van der Waals surface area contributed by atoms with Gasteiger partial charge in [-0.15, -0.1) is 0 Å². The number of para-hydroxylation sites is 1. The van der Waals surface area contributed by atoms with E-state index in [1.54, 1.807) is 60.3 Å². The lowest BCUT2D eigenvalue weighted by Gasteiger charge is -2.30. The number of carbonyl (C=O) groups is 1. The molecular weight excluding hydrogens is 418 g/mol. The maximum absolute atomic E-state index is 13.5. The van der Waals surface area contributed by atoms with Crippen LogP contribution >= 0.6 is 0 Å². The van der Waals surface area contributed by atoms with Gasteiger partial charge in [0.1, 0.15) is 18.4 Å². The average Bonchev–Trinajstić information content (AvgIpc) is 3.31. The Labute approximate surface area is 182 Å². The molecule has 8 nitrogen and oxygen atoms in total. The molecule has 0 saturated heterocycles. The minimum absolute atomic E-state index is 0.0538. The average molecular weight is 444 g/mol. The molecular formula is C22H25N3O5S. The van der Waals surface area contributed by atoms with Crippen LogP contribution in [0.15, 0.2) is 78.0 Å². The first kappa shape index (κ1) is 22.4. The van der Waals surface area contributed by atoms with Gasteiger partial charge < -0.3 is 9.47 Å². The lowest BCUT2D eigenvalue weighted by atomic mass is 10.2. The number of hydrogen-bond acceptors (Lipinski definition) is 6. The summed E-state index contributed by atoms with van der Waals surface area (Å²) in [6.07, 6.45) is 3.79. The van der Waals surface area contributed by atoms with Crippen molar-refractivity contribution in [3.05, 3.63) is 73.1 Å². The largest absolute Gasteiger partial charge is 0.492 e. The topological polar surface area (TPSA) is 90.7 Å². The Balaban J connectivity index is 1.84. The van der Waals surface area contributed by atoms with Crippen molar-refractivity contribution in [2.75, 3.05) is 18.0 Å². The number of esters is 1. The summed E-state index contributed by atoms with van der Waals surface area (Å²) in [5.41, 5.74) is 0.388. The molecule has 9 heteroatoms. The van der Waals surface area contributed by atoms with Crippen molar-refractivity contribution >= 4 is 21.7 Å². The lowest BCUT2D eigenvalue weighted by Crippen LogP contribution is -2.45. The number of rotatable bonds is 10. The zero-order chi connectivity index (χ0) is 22.3. The molecule has 0 fully saturated rings. The highest BCUT2D eigenvalue weighted by Gasteiger charge is 2.35. The summed E-state index contributed by atoms with van der Waals surface area (Å²) in [5, 5.41) is 4.10. The third-order valence-corrected chi connectivity index (χ3v) is 6.53. The van der Waals surface area contributed by atoms with Gasteiger partial charge in [0.2, 0.25) is 0 Å². The van der Waals surface area contributed by atoms with Gasteiger partial charge in [0.15, 0.2) is 0 Å². The highest BCUT2D eigenvalue weighted by Crippen LogP contribution is 2.28. The summed E-state index contributed by atoms with van der Waals surface area (Å²) in [4.78, 5) is 12.4. The number of anilines is 1. The van der Waals surface area contributed by atoms with Crippen LogP contribution in [0.1, 0.15) is 13.3 Å². The van der Waals surface area contributed by atoms with E-state index in [0.29, 0.717) is 24.6 Å². The van der Waals surface area contributed by atoms with Crippen LogP contribution in [-0.2, 0) is 26.1 Å². The second-order valence-electron chi connectivity index (χ2n) is 6.67. The number of carbonyl (C=O) groups excluding carboxylic acids is 1. The van der Waals surface area contributed by atoms with Crippen molar-refractivity contribution in [3.8, 4) is 5.75 Å². The number of sulfonamides is 1. The first-order chi connectivity index (χ1) is 15.0. The van der Waals surface area contributed by atoms with Gasteiger partial charge in [-0.25, -0.2) is 13.2 Å². The highest BCUT2D eigenvalue weighted by atomic mass is 32.2. The smallest absolute Gasteiger partial charge is 0.329 e. The Morgan fingerprint density at radius 2 is 1.81 bits per heavy atom. The molecule has 0 bridgehead atoms. The van der Waals surface area contributed by atoms with Gasteiger partial charge in [-0.05, 0) is 48.9 Å². The molecule has 0 aliphatic rings. The number of methoxy groups -OCH3 is 1. The zero-order valence-electron chi connectivity index (χ0n) is 17.4. The minimum Gasteiger partial charge on any atom is -0.492 e. The minimum atomic E-state index is -4.03. The van der Waals surface area contributed by atoms with Gasteiger partial charge in [-0.1, -0.05) is 25.1 Å². The standard InChI is InChI=1S/C22H25N3O5S/c1-3-21(22(26)29-2)25(18-8-5-4-6-9-18)31(27,28)20-12-10-19(11-13-20)30-17-16-24-15-7-14-23-24/h4-15,21H,3,16-17H2,1-2H3. The Bertz CT molecular complexity index is 1070. The fourth-order valence-corrected chi connectivity index (χ4v) is 4.81. The van der Waals surface area contributed by atoms with Crippen molar-refractivity contribution < 1.29 is 22.7 Å². The molecule has 3 rings (SSSR count). The molecule has 0 amide bonds. The molecule has 0 spiro atoms. The zero-order valence-corrected chi connectivity index (χ0v) is 18.2. The maximum Gasteiger partial charge on any atom is 0.329 e. The van der Waals surface area contributed by atoms with E-state index in [0.717, 1.165) is 4.31 Å². The normalized spacial score (nSPS) is 12.2. The van der Waals surface area contributed by atoms with E-state index < -0.39 is 22.0 Å². The second-order valence-corrected chi connectivity index (χ2v) is 8.49. The summed E-state index contributed by atoms with van der Waals surface area (Å²) in [7, 11) is -2.78. The quantitative estimate of drug-likeness (QED) is 0.447.